The molecule has 2 fully saturated rings. The molecule has 2 N–H and O–H groups in total. The number of sulfonamides is 1. The number of rotatable bonds is 5. The summed E-state index contributed by atoms with van der Waals surface area (Å²) in [6.45, 7) is 0.725. The lowest BCUT2D eigenvalue weighted by molar-refractivity contribution is -0.126. The molecule has 2 heterocycles. The van der Waals surface area contributed by atoms with Gasteiger partial charge in [-0.1, -0.05) is 56.0 Å². The smallest absolute Gasteiger partial charge is 0.243 e. The third-order valence-corrected chi connectivity index (χ3v) is 9.06. The molecular weight excluding hydrogens is 448 g/mol. The van der Waals surface area contributed by atoms with Crippen LogP contribution in [0.25, 0.3) is 22.4 Å². The Balaban J connectivity index is 1.25. The summed E-state index contributed by atoms with van der Waals surface area (Å²) < 4.78 is 28.2. The van der Waals surface area contributed by atoms with Crippen molar-refractivity contribution in [3.05, 3.63) is 48.5 Å². The normalized spacial score (nSPS) is 19.2. The average Bonchev–Trinajstić information content (AvgIpc) is 3.13. The number of hydrogen-bond acceptors (Lipinski definition) is 4. The number of imidazole rings is 1. The maximum atomic E-state index is 13.3. The van der Waals surface area contributed by atoms with Crippen molar-refractivity contribution in [2.45, 2.75) is 62.3 Å². The monoisotopic (exact) mass is 480 g/mol. The second-order valence-electron chi connectivity index (χ2n) is 9.51. The standard InChI is InChI=1S/C26H32N4O3S/c31-26(27-21-10-6-1-2-7-11-21)20-14-16-30(17-15-20)34(32,33)22-12-13-23-24(18-22)29-25(28-23)19-8-4-3-5-9-19/h3-5,8-9,12-13,18,20-21H,1-2,6-7,10-11,14-17H2,(H,27,31)(H,28,29). The highest BCUT2D eigenvalue weighted by molar-refractivity contribution is 7.89. The van der Waals surface area contributed by atoms with Crippen LogP contribution in [0, 0.1) is 5.92 Å². The van der Waals surface area contributed by atoms with Crippen LogP contribution in [-0.4, -0.2) is 47.7 Å². The molecule has 34 heavy (non-hydrogen) atoms. The van der Waals surface area contributed by atoms with E-state index in [1.807, 2.05) is 30.3 Å². The Bertz CT molecular complexity index is 1240. The van der Waals surface area contributed by atoms with Crippen LogP contribution in [0.3, 0.4) is 0 Å². The SMILES string of the molecule is O=C(NC1CCCCCC1)C1CCN(S(=O)(=O)c2ccc3nc(-c4ccccc4)[nH]c3c2)CC1. The van der Waals surface area contributed by atoms with Crippen LogP contribution < -0.4 is 5.32 Å². The van der Waals surface area contributed by atoms with E-state index >= 15 is 0 Å². The molecule has 1 aliphatic heterocycles. The van der Waals surface area contributed by atoms with Crippen LogP contribution in [0.2, 0.25) is 0 Å². The Hall–Kier alpha value is -2.71. The van der Waals surface area contributed by atoms with Gasteiger partial charge in [-0.3, -0.25) is 4.79 Å². The lowest BCUT2D eigenvalue weighted by Gasteiger charge is -2.31. The van der Waals surface area contributed by atoms with Crippen molar-refractivity contribution in [3.63, 3.8) is 0 Å². The highest BCUT2D eigenvalue weighted by Crippen LogP contribution is 2.28. The minimum absolute atomic E-state index is 0.0938. The van der Waals surface area contributed by atoms with E-state index in [1.54, 1.807) is 18.2 Å². The van der Waals surface area contributed by atoms with Crippen LogP contribution in [-0.2, 0) is 14.8 Å². The molecule has 180 valence electrons. The first-order valence-electron chi connectivity index (χ1n) is 12.4. The zero-order chi connectivity index (χ0) is 23.5. The number of carbonyl (C=O) groups is 1. The summed E-state index contributed by atoms with van der Waals surface area (Å²) in [4.78, 5) is 20.9. The molecule has 1 saturated heterocycles. The van der Waals surface area contributed by atoms with E-state index in [0.717, 1.165) is 23.9 Å². The third kappa shape index (κ3) is 4.88. The minimum atomic E-state index is -3.64. The van der Waals surface area contributed by atoms with Crippen molar-refractivity contribution in [2.24, 2.45) is 5.92 Å². The Labute approximate surface area is 201 Å². The van der Waals surface area contributed by atoms with Crippen LogP contribution in [0.15, 0.2) is 53.4 Å². The molecule has 2 aliphatic rings. The second kappa shape index (κ2) is 9.88. The third-order valence-electron chi connectivity index (χ3n) is 7.16. The van der Waals surface area contributed by atoms with Crippen LogP contribution in [0.1, 0.15) is 51.4 Å². The van der Waals surface area contributed by atoms with Gasteiger partial charge in [0.05, 0.1) is 15.9 Å². The van der Waals surface area contributed by atoms with Gasteiger partial charge in [-0.2, -0.15) is 4.31 Å². The first-order chi connectivity index (χ1) is 16.5. The molecule has 1 saturated carbocycles. The molecule has 8 heteroatoms. The molecule has 3 aromatic rings. The van der Waals surface area contributed by atoms with Crippen LogP contribution >= 0.6 is 0 Å². The van der Waals surface area contributed by atoms with E-state index in [9.17, 15) is 13.2 Å². The molecule has 1 aromatic heterocycles. The van der Waals surface area contributed by atoms with Gasteiger partial charge in [0.25, 0.3) is 0 Å². The molecule has 0 bridgehead atoms. The fourth-order valence-electron chi connectivity index (χ4n) is 5.13. The lowest BCUT2D eigenvalue weighted by atomic mass is 9.96. The number of fused-ring (bicyclic) bond motifs is 1. The molecule has 7 nitrogen and oxygen atoms in total. The fraction of sp³-hybridized carbons (Fsp3) is 0.462. The van der Waals surface area contributed by atoms with E-state index in [-0.39, 0.29) is 22.8 Å². The molecular formula is C26H32N4O3S. The zero-order valence-corrected chi connectivity index (χ0v) is 20.2. The summed E-state index contributed by atoms with van der Waals surface area (Å²) in [6.07, 6.45) is 8.08. The van der Waals surface area contributed by atoms with E-state index < -0.39 is 10.0 Å². The van der Waals surface area contributed by atoms with E-state index in [4.69, 9.17) is 0 Å². The topological polar surface area (TPSA) is 95.2 Å². The van der Waals surface area contributed by atoms with Crippen molar-refractivity contribution in [1.29, 1.82) is 0 Å². The van der Waals surface area contributed by atoms with Crippen molar-refractivity contribution in [1.82, 2.24) is 19.6 Å². The summed E-state index contributed by atoms with van der Waals surface area (Å²) in [5, 5.41) is 3.23. The number of amides is 1. The first-order valence-corrected chi connectivity index (χ1v) is 13.8. The molecule has 0 radical (unpaired) electrons. The summed E-state index contributed by atoms with van der Waals surface area (Å²) in [5.41, 5.74) is 2.37. The Morgan fingerprint density at radius 2 is 1.65 bits per heavy atom. The van der Waals surface area contributed by atoms with Crippen LogP contribution in [0.4, 0.5) is 0 Å². The van der Waals surface area contributed by atoms with Gasteiger partial charge in [0.2, 0.25) is 15.9 Å². The number of H-pyrrole nitrogens is 1. The van der Waals surface area contributed by atoms with Crippen molar-refractivity contribution in [3.8, 4) is 11.4 Å². The summed E-state index contributed by atoms with van der Waals surface area (Å²) in [6, 6.07) is 15.1. The Morgan fingerprint density at radius 1 is 0.941 bits per heavy atom. The predicted octanol–water partition coefficient (Wildman–Crippen LogP) is 4.47. The number of nitrogens with one attached hydrogen (secondary N) is 2. The Morgan fingerprint density at radius 3 is 2.35 bits per heavy atom. The maximum absolute atomic E-state index is 13.3. The molecule has 0 spiro atoms. The molecule has 5 rings (SSSR count). The number of nitrogens with zero attached hydrogens (tertiary/aromatic N) is 2. The number of aromatic nitrogens is 2. The quantitative estimate of drug-likeness (QED) is 0.527. The summed E-state index contributed by atoms with van der Waals surface area (Å²) in [5.74, 6) is 0.695. The number of benzene rings is 2. The molecule has 2 aromatic carbocycles. The van der Waals surface area contributed by atoms with E-state index in [1.165, 1.54) is 30.0 Å². The van der Waals surface area contributed by atoms with Gasteiger partial charge in [0.15, 0.2) is 0 Å². The zero-order valence-electron chi connectivity index (χ0n) is 19.4. The van der Waals surface area contributed by atoms with Gasteiger partial charge in [-0.25, -0.2) is 13.4 Å². The fourth-order valence-corrected chi connectivity index (χ4v) is 6.63. The van der Waals surface area contributed by atoms with Gasteiger partial charge in [0, 0.05) is 30.6 Å². The summed E-state index contributed by atoms with van der Waals surface area (Å²) in [7, 11) is -3.64. The van der Waals surface area contributed by atoms with Gasteiger partial charge >= 0.3 is 0 Å². The van der Waals surface area contributed by atoms with E-state index in [0.29, 0.717) is 37.3 Å². The number of aromatic amines is 1. The first kappa shape index (κ1) is 23.1. The van der Waals surface area contributed by atoms with Crippen molar-refractivity contribution < 1.29 is 13.2 Å². The Kier molecular flexibility index (Phi) is 6.70. The van der Waals surface area contributed by atoms with Gasteiger partial charge in [-0.05, 0) is 43.9 Å². The predicted molar refractivity (Wildman–Crippen MR) is 133 cm³/mol. The molecule has 1 amide bonds. The maximum Gasteiger partial charge on any atom is 0.243 e. The van der Waals surface area contributed by atoms with E-state index in [2.05, 4.69) is 15.3 Å². The van der Waals surface area contributed by atoms with Gasteiger partial charge in [0.1, 0.15) is 5.82 Å². The molecule has 0 atom stereocenters. The number of piperidine rings is 1. The average molecular weight is 481 g/mol. The van der Waals surface area contributed by atoms with Crippen molar-refractivity contribution >= 4 is 27.0 Å². The highest BCUT2D eigenvalue weighted by atomic mass is 32.2. The molecule has 0 unspecified atom stereocenters. The van der Waals surface area contributed by atoms with Gasteiger partial charge < -0.3 is 10.3 Å². The largest absolute Gasteiger partial charge is 0.353 e. The van der Waals surface area contributed by atoms with Crippen molar-refractivity contribution in [2.75, 3.05) is 13.1 Å². The highest BCUT2D eigenvalue weighted by Gasteiger charge is 2.33. The molecule has 1 aliphatic carbocycles. The summed E-state index contributed by atoms with van der Waals surface area (Å²) >= 11 is 0. The number of hydrogen-bond donors (Lipinski definition) is 2. The number of carbonyl (C=O) groups excluding carboxylic acids is 1. The van der Waals surface area contributed by atoms with Gasteiger partial charge in [-0.15, -0.1) is 0 Å². The lowest BCUT2D eigenvalue weighted by Crippen LogP contribution is -2.45. The van der Waals surface area contributed by atoms with Crippen LogP contribution in [0.5, 0.6) is 0 Å². The minimum Gasteiger partial charge on any atom is -0.353 e. The second-order valence-corrected chi connectivity index (χ2v) is 11.4.